The first kappa shape index (κ1) is 20.2. The van der Waals surface area contributed by atoms with Gasteiger partial charge in [-0.1, -0.05) is 29.3 Å². The van der Waals surface area contributed by atoms with Crippen LogP contribution in [0, 0.1) is 0 Å². The maximum atomic E-state index is 12.0. The van der Waals surface area contributed by atoms with Gasteiger partial charge in [0.05, 0.1) is 23.6 Å². The molecule has 146 valence electrons. The van der Waals surface area contributed by atoms with Crippen molar-refractivity contribution in [2.24, 2.45) is 7.05 Å². The molecule has 11 heteroatoms. The van der Waals surface area contributed by atoms with E-state index in [-0.39, 0.29) is 12.6 Å². The predicted molar refractivity (Wildman–Crippen MR) is 107 cm³/mol. The van der Waals surface area contributed by atoms with Crippen LogP contribution in [0.1, 0.15) is 11.4 Å². The molecule has 1 aliphatic heterocycles. The first-order valence-corrected chi connectivity index (χ1v) is 10.3. The number of benzene rings is 1. The van der Waals surface area contributed by atoms with E-state index in [0.29, 0.717) is 27.7 Å². The van der Waals surface area contributed by atoms with Crippen molar-refractivity contribution in [3.63, 3.8) is 0 Å². The molecule has 1 aliphatic rings. The number of carbonyl (C=O) groups is 1. The van der Waals surface area contributed by atoms with E-state index in [2.05, 4.69) is 30.9 Å². The third-order valence-corrected chi connectivity index (χ3v) is 6.00. The maximum Gasteiger partial charge on any atom is 0.315 e. The van der Waals surface area contributed by atoms with Crippen LogP contribution in [-0.2, 0) is 20.1 Å². The zero-order chi connectivity index (χ0) is 19.2. The molecule has 0 saturated carbocycles. The summed E-state index contributed by atoms with van der Waals surface area (Å²) in [6.45, 7) is 3.57. The number of nitrogens with one attached hydrogen (secondary N) is 2. The molecule has 0 spiro atoms. The lowest BCUT2D eigenvalue weighted by molar-refractivity contribution is 0.237. The molecular formula is C16H21Cl2N7OS. The lowest BCUT2D eigenvalue weighted by atomic mass is 10.2. The number of amides is 2. The molecule has 1 atom stereocenters. The molecule has 1 saturated heterocycles. The number of urea groups is 1. The number of rotatable bonds is 6. The average molecular weight is 430 g/mol. The third-order valence-electron chi connectivity index (χ3n) is 4.06. The van der Waals surface area contributed by atoms with Gasteiger partial charge in [-0.05, 0) is 22.9 Å². The second kappa shape index (κ2) is 9.59. The number of aryl methyl sites for hydroxylation is 1. The first-order valence-electron chi connectivity index (χ1n) is 8.52. The molecule has 2 aromatic rings. The Balaban J connectivity index is 1.41. The Bertz CT molecular complexity index is 788. The Labute approximate surface area is 172 Å². The Morgan fingerprint density at radius 3 is 2.93 bits per heavy atom. The molecule has 2 amide bonds. The van der Waals surface area contributed by atoms with Crippen molar-refractivity contribution >= 4 is 41.0 Å². The van der Waals surface area contributed by atoms with Crippen LogP contribution < -0.4 is 10.6 Å². The highest BCUT2D eigenvalue weighted by molar-refractivity contribution is 8.00. The summed E-state index contributed by atoms with van der Waals surface area (Å²) in [4.78, 5) is 15.7. The summed E-state index contributed by atoms with van der Waals surface area (Å²) in [6.07, 6.45) is 0. The van der Waals surface area contributed by atoms with E-state index in [0.717, 1.165) is 31.0 Å². The van der Waals surface area contributed by atoms with Crippen molar-refractivity contribution in [3.8, 4) is 0 Å². The first-order chi connectivity index (χ1) is 13.0. The van der Waals surface area contributed by atoms with Crippen molar-refractivity contribution < 1.29 is 4.79 Å². The monoisotopic (exact) mass is 429 g/mol. The summed E-state index contributed by atoms with van der Waals surface area (Å²) >= 11 is 13.9. The van der Waals surface area contributed by atoms with E-state index in [1.807, 2.05) is 30.0 Å². The molecule has 0 aliphatic carbocycles. The van der Waals surface area contributed by atoms with Gasteiger partial charge in [-0.3, -0.25) is 4.90 Å². The Kier molecular flexibility index (Phi) is 7.17. The molecule has 8 nitrogen and oxygen atoms in total. The molecule has 0 radical (unpaired) electrons. The Morgan fingerprint density at radius 1 is 1.33 bits per heavy atom. The van der Waals surface area contributed by atoms with Crippen molar-refractivity contribution in [1.82, 2.24) is 35.7 Å². The van der Waals surface area contributed by atoms with Gasteiger partial charge in [-0.15, -0.1) is 10.2 Å². The summed E-state index contributed by atoms with van der Waals surface area (Å²) in [5, 5.41) is 18.7. The zero-order valence-electron chi connectivity index (χ0n) is 14.9. The van der Waals surface area contributed by atoms with Crippen LogP contribution in [0.4, 0.5) is 4.79 Å². The van der Waals surface area contributed by atoms with Gasteiger partial charge in [0.15, 0.2) is 5.82 Å². The fourth-order valence-corrected chi connectivity index (χ4v) is 4.30. The molecule has 2 heterocycles. The van der Waals surface area contributed by atoms with Crippen LogP contribution in [0.5, 0.6) is 0 Å². The second-order valence-corrected chi connectivity index (χ2v) is 8.46. The number of thioether (sulfide) groups is 1. The maximum absolute atomic E-state index is 12.0. The van der Waals surface area contributed by atoms with Gasteiger partial charge in [-0.2, -0.15) is 16.6 Å². The van der Waals surface area contributed by atoms with Gasteiger partial charge in [0.1, 0.15) is 0 Å². The second-order valence-electron chi connectivity index (χ2n) is 6.24. The van der Waals surface area contributed by atoms with Gasteiger partial charge >= 0.3 is 6.03 Å². The molecule has 3 rings (SSSR count). The number of carbonyl (C=O) groups excluding carboxylic acids is 1. The molecule has 27 heavy (non-hydrogen) atoms. The molecule has 2 N–H and O–H groups in total. The van der Waals surface area contributed by atoms with E-state index >= 15 is 0 Å². The minimum Gasteiger partial charge on any atom is -0.337 e. The van der Waals surface area contributed by atoms with Crippen LogP contribution in [0.2, 0.25) is 10.0 Å². The van der Waals surface area contributed by atoms with Crippen LogP contribution in [0.3, 0.4) is 0 Å². The van der Waals surface area contributed by atoms with E-state index in [9.17, 15) is 4.79 Å². The van der Waals surface area contributed by atoms with Gasteiger partial charge in [0.2, 0.25) is 0 Å². The third kappa shape index (κ3) is 6.24. The number of halogens is 2. The quantitative estimate of drug-likeness (QED) is 0.729. The molecular weight excluding hydrogens is 409 g/mol. The number of hydrogen-bond donors (Lipinski definition) is 2. The molecule has 0 bridgehead atoms. The zero-order valence-corrected chi connectivity index (χ0v) is 17.2. The lowest BCUT2D eigenvalue weighted by Crippen LogP contribution is -2.45. The van der Waals surface area contributed by atoms with Crippen molar-refractivity contribution in [1.29, 1.82) is 0 Å². The number of tetrazole rings is 1. The van der Waals surface area contributed by atoms with E-state index in [1.165, 1.54) is 4.80 Å². The van der Waals surface area contributed by atoms with Crippen LogP contribution in [0.15, 0.2) is 18.2 Å². The van der Waals surface area contributed by atoms with Crippen LogP contribution in [-0.4, -0.2) is 61.8 Å². The number of hydrogen-bond acceptors (Lipinski definition) is 6. The summed E-state index contributed by atoms with van der Waals surface area (Å²) in [7, 11) is 1.68. The van der Waals surface area contributed by atoms with Gasteiger partial charge in [0.25, 0.3) is 0 Å². The van der Waals surface area contributed by atoms with Crippen molar-refractivity contribution in [3.05, 3.63) is 39.6 Å². The molecule has 1 fully saturated rings. The van der Waals surface area contributed by atoms with Crippen molar-refractivity contribution in [2.45, 2.75) is 18.3 Å². The van der Waals surface area contributed by atoms with Crippen molar-refractivity contribution in [2.75, 3.05) is 25.4 Å². The Morgan fingerprint density at radius 2 is 2.19 bits per heavy atom. The smallest absolute Gasteiger partial charge is 0.315 e. The standard InChI is InChI=1S/C16H21Cl2N7OS/c1-24-22-15(21-23-24)8-20-16(26)19-7-12-10-25(4-5-27-12)9-11-2-3-13(17)14(18)6-11/h2-3,6,12H,4-5,7-10H2,1H3,(H2,19,20,26). The highest BCUT2D eigenvalue weighted by Gasteiger charge is 2.21. The lowest BCUT2D eigenvalue weighted by Gasteiger charge is -2.32. The van der Waals surface area contributed by atoms with Gasteiger partial charge in [0, 0.05) is 37.2 Å². The van der Waals surface area contributed by atoms with Gasteiger partial charge < -0.3 is 10.6 Å². The summed E-state index contributed by atoms with van der Waals surface area (Å²) in [6, 6.07) is 5.50. The molecule has 1 unspecified atom stereocenters. The van der Waals surface area contributed by atoms with Crippen LogP contribution in [0.25, 0.3) is 0 Å². The van der Waals surface area contributed by atoms with E-state index < -0.39 is 0 Å². The van der Waals surface area contributed by atoms with Gasteiger partial charge in [-0.25, -0.2) is 4.79 Å². The highest BCUT2D eigenvalue weighted by atomic mass is 35.5. The SMILES string of the molecule is Cn1nnc(CNC(=O)NCC2CN(Cc3ccc(Cl)c(Cl)c3)CCS2)n1. The minimum absolute atomic E-state index is 0.232. The van der Waals surface area contributed by atoms with E-state index in [4.69, 9.17) is 23.2 Å². The predicted octanol–water partition coefficient (Wildman–Crippen LogP) is 1.93. The van der Waals surface area contributed by atoms with E-state index in [1.54, 1.807) is 7.05 Å². The number of aromatic nitrogens is 4. The largest absolute Gasteiger partial charge is 0.337 e. The fraction of sp³-hybridized carbons (Fsp3) is 0.500. The van der Waals surface area contributed by atoms with Crippen LogP contribution >= 0.6 is 35.0 Å². The fourth-order valence-electron chi connectivity index (χ4n) is 2.77. The topological polar surface area (TPSA) is 88.0 Å². The summed E-state index contributed by atoms with van der Waals surface area (Å²) < 4.78 is 0. The highest BCUT2D eigenvalue weighted by Crippen LogP contribution is 2.25. The number of nitrogens with zero attached hydrogens (tertiary/aromatic N) is 5. The summed E-state index contributed by atoms with van der Waals surface area (Å²) in [5.41, 5.74) is 1.14. The molecule has 1 aromatic heterocycles. The molecule has 1 aromatic carbocycles. The summed E-state index contributed by atoms with van der Waals surface area (Å²) in [5.74, 6) is 1.51. The normalized spacial score (nSPS) is 17.7. The minimum atomic E-state index is -0.232. The Hall–Kier alpha value is -1.55. The average Bonchev–Trinajstić information content (AvgIpc) is 3.07.